The first-order valence-corrected chi connectivity index (χ1v) is 8.60. The number of likely N-dealkylation sites (N-methyl/N-ethyl adjacent to an activating group) is 1. The predicted molar refractivity (Wildman–Crippen MR) is 98.6 cm³/mol. The minimum atomic E-state index is -0.349. The Morgan fingerprint density at radius 3 is 3.19 bits per heavy atom. The van der Waals surface area contributed by atoms with Gasteiger partial charge >= 0.3 is 6.03 Å². The van der Waals surface area contributed by atoms with Crippen molar-refractivity contribution < 1.29 is 4.79 Å². The highest BCUT2D eigenvalue weighted by Crippen LogP contribution is 2.27. The van der Waals surface area contributed by atoms with E-state index in [1.54, 1.807) is 6.33 Å². The molecule has 26 heavy (non-hydrogen) atoms. The van der Waals surface area contributed by atoms with Crippen LogP contribution >= 0.6 is 0 Å². The van der Waals surface area contributed by atoms with Gasteiger partial charge in [-0.2, -0.15) is 4.99 Å². The van der Waals surface area contributed by atoms with Crippen LogP contribution in [0.5, 0.6) is 0 Å². The van der Waals surface area contributed by atoms with Crippen molar-refractivity contribution >= 4 is 34.4 Å². The number of aliphatic imine (C=N–C) groups is 2. The summed E-state index contributed by atoms with van der Waals surface area (Å²) in [6, 6.07) is 2.01. The van der Waals surface area contributed by atoms with E-state index < -0.39 is 0 Å². The number of H-pyrrole nitrogens is 1. The Kier molecular flexibility index (Phi) is 3.35. The van der Waals surface area contributed by atoms with Crippen molar-refractivity contribution in [2.24, 2.45) is 9.98 Å². The molecule has 1 saturated heterocycles. The molecule has 3 aliphatic rings. The SMILES string of the molecule is CN(C1C=CC2=NC(=O)NC2=N1)[C@@H]1CCN(c2ncnc3[nH]ccc23)C1. The second kappa shape index (κ2) is 5.73. The number of nitrogens with one attached hydrogen (secondary N) is 2. The van der Waals surface area contributed by atoms with Gasteiger partial charge in [-0.3, -0.25) is 10.2 Å². The number of rotatable bonds is 3. The molecule has 1 unspecified atom stereocenters. The fraction of sp³-hybridized carbons (Fsp3) is 0.353. The third kappa shape index (κ3) is 2.39. The van der Waals surface area contributed by atoms with Gasteiger partial charge in [0.1, 0.15) is 29.7 Å². The molecule has 5 rings (SSSR count). The summed E-state index contributed by atoms with van der Waals surface area (Å²) in [5.41, 5.74) is 1.47. The lowest BCUT2D eigenvalue weighted by atomic mass is 10.1. The van der Waals surface area contributed by atoms with E-state index in [1.807, 2.05) is 24.4 Å². The lowest BCUT2D eigenvalue weighted by molar-refractivity contribution is 0.220. The number of fused-ring (bicyclic) bond motifs is 2. The van der Waals surface area contributed by atoms with Gasteiger partial charge in [-0.1, -0.05) is 0 Å². The molecule has 0 saturated carbocycles. The zero-order chi connectivity index (χ0) is 17.7. The first kappa shape index (κ1) is 15.2. The summed E-state index contributed by atoms with van der Waals surface area (Å²) in [6.45, 7) is 1.80. The average Bonchev–Trinajstić information content (AvgIpc) is 3.38. The molecule has 9 nitrogen and oxygen atoms in total. The van der Waals surface area contributed by atoms with Gasteiger partial charge in [0, 0.05) is 25.3 Å². The van der Waals surface area contributed by atoms with E-state index >= 15 is 0 Å². The Hall–Kier alpha value is -3.07. The van der Waals surface area contributed by atoms with Gasteiger partial charge in [-0.15, -0.1) is 0 Å². The third-order valence-electron chi connectivity index (χ3n) is 5.17. The highest BCUT2D eigenvalue weighted by atomic mass is 16.2. The van der Waals surface area contributed by atoms with E-state index in [0.29, 0.717) is 17.6 Å². The molecule has 0 aromatic carbocycles. The lowest BCUT2D eigenvalue weighted by Gasteiger charge is -2.30. The van der Waals surface area contributed by atoms with Crippen molar-refractivity contribution in [2.75, 3.05) is 25.0 Å². The highest BCUT2D eigenvalue weighted by molar-refractivity contribution is 6.52. The van der Waals surface area contributed by atoms with Gasteiger partial charge in [0.2, 0.25) is 0 Å². The van der Waals surface area contributed by atoms with E-state index in [-0.39, 0.29) is 12.2 Å². The number of hydrogen-bond acceptors (Lipinski definition) is 6. The summed E-state index contributed by atoms with van der Waals surface area (Å²) in [7, 11) is 2.07. The number of amidine groups is 1. The Labute approximate surface area is 149 Å². The molecule has 2 N–H and O–H groups in total. The number of dihydropyridines is 1. The standard InChI is InChI=1S/C17H18N8O/c1-24(13-3-2-12-15(22-13)23-17(26)21-12)10-5-7-25(8-10)16-11-4-6-18-14(11)19-9-20-16/h2-4,6,9-10,13H,5,7-8H2,1H3,(H,18,19,20)(H,22,23,26)/t10-,13?/m1/s1. The van der Waals surface area contributed by atoms with E-state index in [1.165, 1.54) is 0 Å². The molecule has 9 heteroatoms. The first-order chi connectivity index (χ1) is 12.7. The topological polar surface area (TPSA) is 102 Å². The maximum absolute atomic E-state index is 11.4. The number of hydrogen-bond donors (Lipinski definition) is 2. The summed E-state index contributed by atoms with van der Waals surface area (Å²) in [4.78, 5) is 36.3. The van der Waals surface area contributed by atoms with Crippen LogP contribution in [0, 0.1) is 0 Å². The number of amides is 2. The molecule has 0 aliphatic carbocycles. The third-order valence-corrected chi connectivity index (χ3v) is 5.17. The van der Waals surface area contributed by atoms with Crippen LogP contribution in [-0.4, -0.2) is 69.8 Å². The van der Waals surface area contributed by atoms with Gasteiger partial charge < -0.3 is 9.88 Å². The van der Waals surface area contributed by atoms with E-state index in [0.717, 1.165) is 36.4 Å². The van der Waals surface area contributed by atoms with Crippen LogP contribution < -0.4 is 10.2 Å². The smallest absolute Gasteiger partial charge is 0.347 e. The van der Waals surface area contributed by atoms with Crippen LogP contribution in [0.15, 0.2) is 40.7 Å². The van der Waals surface area contributed by atoms with Crippen molar-refractivity contribution in [3.05, 3.63) is 30.7 Å². The van der Waals surface area contributed by atoms with Crippen LogP contribution in [0.4, 0.5) is 10.6 Å². The van der Waals surface area contributed by atoms with Crippen LogP contribution in [0.25, 0.3) is 11.0 Å². The van der Waals surface area contributed by atoms with Crippen LogP contribution in [0.1, 0.15) is 6.42 Å². The summed E-state index contributed by atoms with van der Waals surface area (Å²) in [6.07, 6.45) is 8.26. The molecule has 1 fully saturated rings. The van der Waals surface area contributed by atoms with E-state index in [2.05, 4.69) is 47.1 Å². The minimum absolute atomic E-state index is 0.107. The highest BCUT2D eigenvalue weighted by Gasteiger charge is 2.32. The zero-order valence-electron chi connectivity index (χ0n) is 14.3. The second-order valence-corrected chi connectivity index (χ2v) is 6.67. The van der Waals surface area contributed by atoms with Gasteiger partial charge in [-0.05, 0) is 31.7 Å². The quantitative estimate of drug-likeness (QED) is 0.857. The predicted octanol–water partition coefficient (Wildman–Crippen LogP) is 0.927. The van der Waals surface area contributed by atoms with Gasteiger partial charge in [0.05, 0.1) is 5.39 Å². The van der Waals surface area contributed by atoms with Crippen LogP contribution in [0.2, 0.25) is 0 Å². The first-order valence-electron chi connectivity index (χ1n) is 8.60. The Morgan fingerprint density at radius 2 is 2.27 bits per heavy atom. The summed E-state index contributed by atoms with van der Waals surface area (Å²) < 4.78 is 0. The summed E-state index contributed by atoms with van der Waals surface area (Å²) >= 11 is 0. The number of nitrogens with zero attached hydrogens (tertiary/aromatic N) is 6. The molecule has 5 heterocycles. The minimum Gasteiger partial charge on any atom is -0.354 e. The van der Waals surface area contributed by atoms with Crippen molar-refractivity contribution in [1.82, 2.24) is 25.2 Å². The normalized spacial score (nSPS) is 24.8. The van der Waals surface area contributed by atoms with Crippen molar-refractivity contribution in [2.45, 2.75) is 18.6 Å². The molecular weight excluding hydrogens is 332 g/mol. The maximum atomic E-state index is 11.4. The van der Waals surface area contributed by atoms with Crippen molar-refractivity contribution in [1.29, 1.82) is 0 Å². The van der Waals surface area contributed by atoms with E-state index in [4.69, 9.17) is 0 Å². The number of carbonyl (C=O) groups excluding carboxylic acids is 1. The Bertz CT molecular complexity index is 974. The number of aromatic nitrogens is 3. The molecule has 0 bridgehead atoms. The number of urea groups is 1. The maximum Gasteiger partial charge on any atom is 0.347 e. The molecule has 0 radical (unpaired) electrons. The molecular formula is C17H18N8O. The molecule has 0 spiro atoms. The van der Waals surface area contributed by atoms with Gasteiger partial charge in [-0.25, -0.2) is 19.8 Å². The van der Waals surface area contributed by atoms with Crippen LogP contribution in [-0.2, 0) is 0 Å². The Morgan fingerprint density at radius 1 is 1.35 bits per heavy atom. The fourth-order valence-electron chi connectivity index (χ4n) is 3.74. The molecule has 132 valence electrons. The van der Waals surface area contributed by atoms with Crippen molar-refractivity contribution in [3.63, 3.8) is 0 Å². The average molecular weight is 350 g/mol. The number of aromatic amines is 1. The molecule has 3 aliphatic heterocycles. The summed E-state index contributed by atoms with van der Waals surface area (Å²) in [5, 5.41) is 3.73. The van der Waals surface area contributed by atoms with Gasteiger partial charge in [0.25, 0.3) is 0 Å². The fourth-order valence-corrected chi connectivity index (χ4v) is 3.74. The molecule has 2 amide bonds. The monoisotopic (exact) mass is 350 g/mol. The number of carbonyl (C=O) groups is 1. The Balaban J connectivity index is 1.33. The molecule has 2 aromatic heterocycles. The van der Waals surface area contributed by atoms with Crippen LogP contribution in [0.3, 0.4) is 0 Å². The van der Waals surface area contributed by atoms with E-state index in [9.17, 15) is 4.79 Å². The largest absolute Gasteiger partial charge is 0.354 e. The van der Waals surface area contributed by atoms with Crippen molar-refractivity contribution in [3.8, 4) is 0 Å². The zero-order valence-corrected chi connectivity index (χ0v) is 14.3. The van der Waals surface area contributed by atoms with Gasteiger partial charge in [0.15, 0.2) is 5.84 Å². The molecule has 2 aromatic rings. The number of anilines is 1. The second-order valence-electron chi connectivity index (χ2n) is 6.67. The lowest BCUT2D eigenvalue weighted by Crippen LogP contribution is -2.43. The molecule has 2 atom stereocenters. The summed E-state index contributed by atoms with van der Waals surface area (Å²) in [5.74, 6) is 1.53.